The van der Waals surface area contributed by atoms with Gasteiger partial charge >= 0.3 is 0 Å². The van der Waals surface area contributed by atoms with Crippen LogP contribution >= 0.6 is 0 Å². The van der Waals surface area contributed by atoms with E-state index in [1.54, 1.807) is 0 Å². The van der Waals surface area contributed by atoms with Gasteiger partial charge in [0.15, 0.2) is 0 Å². The Bertz CT molecular complexity index is 363. The standard InChI is InChI=1S/C13H17N/c1-10(2)12-7-6-11-5-4-8-14(3)13(11)9-12/h4-7,9-10H,8H2,1-3H3. The fraction of sp³-hybridized carbons (Fsp3) is 0.385. The van der Waals surface area contributed by atoms with E-state index >= 15 is 0 Å². The number of benzene rings is 1. The van der Waals surface area contributed by atoms with Gasteiger partial charge in [-0.1, -0.05) is 38.1 Å². The predicted octanol–water partition coefficient (Wildman–Crippen LogP) is 3.27. The molecule has 74 valence electrons. The van der Waals surface area contributed by atoms with E-state index < -0.39 is 0 Å². The molecule has 1 aromatic rings. The minimum absolute atomic E-state index is 0.611. The average Bonchev–Trinajstić information content (AvgIpc) is 2.18. The number of rotatable bonds is 1. The third kappa shape index (κ3) is 1.54. The Hall–Kier alpha value is -1.24. The Labute approximate surface area is 86.1 Å². The molecule has 2 rings (SSSR count). The first kappa shape index (κ1) is 9.32. The molecule has 0 atom stereocenters. The summed E-state index contributed by atoms with van der Waals surface area (Å²) in [6, 6.07) is 6.76. The van der Waals surface area contributed by atoms with Crippen molar-refractivity contribution in [1.29, 1.82) is 0 Å². The number of hydrogen-bond donors (Lipinski definition) is 0. The summed E-state index contributed by atoms with van der Waals surface area (Å²) < 4.78 is 0. The fourth-order valence-electron chi connectivity index (χ4n) is 1.83. The zero-order chi connectivity index (χ0) is 10.1. The molecular weight excluding hydrogens is 170 g/mol. The van der Waals surface area contributed by atoms with Gasteiger partial charge in [0, 0.05) is 19.3 Å². The normalized spacial score (nSPS) is 14.7. The Kier molecular flexibility index (Phi) is 2.32. The van der Waals surface area contributed by atoms with Crippen LogP contribution in [0.15, 0.2) is 24.3 Å². The van der Waals surface area contributed by atoms with Crippen LogP contribution < -0.4 is 4.90 Å². The smallest absolute Gasteiger partial charge is 0.0442 e. The van der Waals surface area contributed by atoms with Gasteiger partial charge in [0.1, 0.15) is 0 Å². The zero-order valence-electron chi connectivity index (χ0n) is 9.12. The first-order valence-electron chi connectivity index (χ1n) is 5.20. The fourth-order valence-corrected chi connectivity index (χ4v) is 1.83. The molecule has 1 heterocycles. The number of hydrogen-bond acceptors (Lipinski definition) is 1. The highest BCUT2D eigenvalue weighted by Crippen LogP contribution is 2.28. The molecule has 0 spiro atoms. The van der Waals surface area contributed by atoms with Crippen molar-refractivity contribution in [3.05, 3.63) is 35.4 Å². The molecule has 0 bridgehead atoms. The molecule has 1 aromatic carbocycles. The molecular formula is C13H17N. The SMILES string of the molecule is CC(C)c1ccc2c(c1)N(C)CC=C2. The third-order valence-corrected chi connectivity index (χ3v) is 2.81. The van der Waals surface area contributed by atoms with Crippen molar-refractivity contribution in [2.75, 3.05) is 18.5 Å². The quantitative estimate of drug-likeness (QED) is 0.652. The van der Waals surface area contributed by atoms with Crippen LogP contribution in [0.2, 0.25) is 0 Å². The second kappa shape index (κ2) is 3.49. The van der Waals surface area contributed by atoms with Crippen molar-refractivity contribution >= 4 is 11.8 Å². The third-order valence-electron chi connectivity index (χ3n) is 2.81. The van der Waals surface area contributed by atoms with Crippen molar-refractivity contribution < 1.29 is 0 Å². The van der Waals surface area contributed by atoms with Crippen LogP contribution in [0, 0.1) is 0 Å². The molecule has 0 aromatic heterocycles. The Balaban J connectivity index is 2.47. The number of anilines is 1. The summed E-state index contributed by atoms with van der Waals surface area (Å²) >= 11 is 0. The van der Waals surface area contributed by atoms with Crippen LogP contribution in [0.4, 0.5) is 5.69 Å². The van der Waals surface area contributed by atoms with Crippen LogP contribution in [-0.2, 0) is 0 Å². The van der Waals surface area contributed by atoms with Crippen LogP contribution in [-0.4, -0.2) is 13.6 Å². The first-order chi connectivity index (χ1) is 6.68. The Morgan fingerprint density at radius 2 is 2.07 bits per heavy atom. The molecule has 0 radical (unpaired) electrons. The summed E-state index contributed by atoms with van der Waals surface area (Å²) in [6.07, 6.45) is 4.41. The van der Waals surface area contributed by atoms with Crippen LogP contribution in [0.5, 0.6) is 0 Å². The summed E-state index contributed by atoms with van der Waals surface area (Å²) in [5.41, 5.74) is 4.12. The monoisotopic (exact) mass is 187 g/mol. The van der Waals surface area contributed by atoms with Crippen LogP contribution in [0.1, 0.15) is 30.9 Å². The summed E-state index contributed by atoms with van der Waals surface area (Å²) in [7, 11) is 2.15. The highest BCUT2D eigenvalue weighted by atomic mass is 15.1. The van der Waals surface area contributed by atoms with E-state index in [2.05, 4.69) is 56.1 Å². The predicted molar refractivity (Wildman–Crippen MR) is 62.8 cm³/mol. The molecule has 0 saturated heterocycles. The Morgan fingerprint density at radius 3 is 2.79 bits per heavy atom. The maximum Gasteiger partial charge on any atom is 0.0442 e. The minimum Gasteiger partial charge on any atom is -0.370 e. The van der Waals surface area contributed by atoms with Crippen molar-refractivity contribution in [1.82, 2.24) is 0 Å². The van der Waals surface area contributed by atoms with Gasteiger partial charge in [0.05, 0.1) is 0 Å². The highest BCUT2D eigenvalue weighted by Gasteiger charge is 2.10. The molecule has 0 unspecified atom stereocenters. The van der Waals surface area contributed by atoms with E-state index in [0.717, 1.165) is 6.54 Å². The van der Waals surface area contributed by atoms with Gasteiger partial charge in [-0.25, -0.2) is 0 Å². The molecule has 1 aliphatic rings. The molecule has 0 saturated carbocycles. The van der Waals surface area contributed by atoms with Crippen molar-refractivity contribution in [2.24, 2.45) is 0 Å². The van der Waals surface area contributed by atoms with E-state index in [1.165, 1.54) is 16.8 Å². The maximum atomic E-state index is 2.31. The van der Waals surface area contributed by atoms with Crippen molar-refractivity contribution in [3.63, 3.8) is 0 Å². The number of nitrogens with zero attached hydrogens (tertiary/aromatic N) is 1. The summed E-state index contributed by atoms with van der Waals surface area (Å²) in [5.74, 6) is 0.611. The molecule has 0 N–H and O–H groups in total. The molecule has 1 heteroatoms. The summed E-state index contributed by atoms with van der Waals surface area (Å²) in [4.78, 5) is 2.29. The van der Waals surface area contributed by atoms with E-state index in [-0.39, 0.29) is 0 Å². The second-order valence-electron chi connectivity index (χ2n) is 4.26. The van der Waals surface area contributed by atoms with Gasteiger partial charge in [-0.05, 0) is 23.1 Å². The molecule has 1 nitrogen and oxygen atoms in total. The topological polar surface area (TPSA) is 3.24 Å². The van der Waals surface area contributed by atoms with Gasteiger partial charge in [-0.15, -0.1) is 0 Å². The lowest BCUT2D eigenvalue weighted by Crippen LogP contribution is -2.20. The first-order valence-corrected chi connectivity index (χ1v) is 5.20. The van der Waals surface area contributed by atoms with Gasteiger partial charge in [-0.3, -0.25) is 0 Å². The summed E-state index contributed by atoms with van der Waals surface area (Å²) in [6.45, 7) is 5.50. The van der Waals surface area contributed by atoms with E-state index in [0.29, 0.717) is 5.92 Å². The molecule has 0 fully saturated rings. The lowest BCUT2D eigenvalue weighted by molar-refractivity contribution is 0.863. The van der Waals surface area contributed by atoms with Gasteiger partial charge in [0.2, 0.25) is 0 Å². The summed E-state index contributed by atoms with van der Waals surface area (Å²) in [5, 5.41) is 0. The molecule has 0 amide bonds. The average molecular weight is 187 g/mol. The molecule has 0 aliphatic carbocycles. The van der Waals surface area contributed by atoms with Gasteiger partial charge in [0.25, 0.3) is 0 Å². The van der Waals surface area contributed by atoms with Gasteiger partial charge < -0.3 is 4.90 Å². The molecule has 1 aliphatic heterocycles. The number of fused-ring (bicyclic) bond motifs is 1. The van der Waals surface area contributed by atoms with E-state index in [9.17, 15) is 0 Å². The largest absolute Gasteiger partial charge is 0.370 e. The highest BCUT2D eigenvalue weighted by molar-refractivity contribution is 5.71. The lowest BCUT2D eigenvalue weighted by Gasteiger charge is -2.24. The molecule has 14 heavy (non-hydrogen) atoms. The van der Waals surface area contributed by atoms with Crippen LogP contribution in [0.25, 0.3) is 6.08 Å². The van der Waals surface area contributed by atoms with Crippen molar-refractivity contribution in [3.8, 4) is 0 Å². The zero-order valence-corrected chi connectivity index (χ0v) is 9.12. The van der Waals surface area contributed by atoms with E-state index in [1.807, 2.05) is 0 Å². The van der Waals surface area contributed by atoms with Crippen molar-refractivity contribution in [2.45, 2.75) is 19.8 Å². The second-order valence-corrected chi connectivity index (χ2v) is 4.26. The Morgan fingerprint density at radius 1 is 1.29 bits per heavy atom. The maximum absolute atomic E-state index is 2.31. The van der Waals surface area contributed by atoms with E-state index in [4.69, 9.17) is 0 Å². The minimum atomic E-state index is 0.611. The lowest BCUT2D eigenvalue weighted by atomic mass is 9.98. The van der Waals surface area contributed by atoms with Crippen LogP contribution in [0.3, 0.4) is 0 Å². The number of likely N-dealkylation sites (N-methyl/N-ethyl adjacent to an activating group) is 1. The van der Waals surface area contributed by atoms with Gasteiger partial charge in [-0.2, -0.15) is 0 Å².